The molecule has 0 saturated heterocycles. The molecule has 7 heteroatoms. The van der Waals surface area contributed by atoms with Crippen LogP contribution in [-0.4, -0.2) is 14.9 Å². The van der Waals surface area contributed by atoms with Gasteiger partial charge < -0.3 is 18.1 Å². The Morgan fingerprint density at radius 1 is 1.50 bits per heavy atom. The second-order valence-electron chi connectivity index (χ2n) is 1.86. The molecule has 0 fully saturated rings. The van der Waals surface area contributed by atoms with Gasteiger partial charge in [-0.25, -0.2) is 9.97 Å². The highest BCUT2D eigenvalue weighted by Crippen LogP contribution is 2.04. The van der Waals surface area contributed by atoms with Gasteiger partial charge in [0.2, 0.25) is 0 Å². The van der Waals surface area contributed by atoms with Gasteiger partial charge in [0.05, 0.1) is 4.92 Å². The summed E-state index contributed by atoms with van der Waals surface area (Å²) in [7, 11) is 0. The van der Waals surface area contributed by atoms with Crippen LogP contribution in [0.3, 0.4) is 0 Å². The number of nitro groups is 1. The minimum Gasteiger partial charge on any atom is -1.00 e. The number of nitrogens with zero attached hydrogens (tertiary/aromatic N) is 3. The van der Waals surface area contributed by atoms with E-state index < -0.39 is 4.92 Å². The molecule has 1 heterocycles. The van der Waals surface area contributed by atoms with E-state index in [4.69, 9.17) is 0 Å². The predicted molar refractivity (Wildman–Crippen MR) is 35.3 cm³/mol. The highest BCUT2D eigenvalue weighted by atomic mass is 35.5. The number of rotatable bonds is 2. The largest absolute Gasteiger partial charge is 1.00 e. The van der Waals surface area contributed by atoms with Crippen LogP contribution in [-0.2, 0) is 6.54 Å². The minimum absolute atomic E-state index is 0. The van der Waals surface area contributed by atoms with Crippen molar-refractivity contribution in [1.82, 2.24) is 9.97 Å². The number of aromatic nitrogens is 2. The minimum atomic E-state index is -0.535. The van der Waals surface area contributed by atoms with Crippen molar-refractivity contribution in [3.05, 3.63) is 28.3 Å². The molecular weight excluding hydrogens is 184 g/mol. The molecule has 0 radical (unpaired) electrons. The Kier molecular flexibility index (Phi) is 4.09. The van der Waals surface area contributed by atoms with Crippen LogP contribution in [0, 0.1) is 10.1 Å². The van der Waals surface area contributed by atoms with Crippen LogP contribution in [0.2, 0.25) is 0 Å². The Bertz CT molecular complexity index is 263. The molecule has 6 nitrogen and oxygen atoms in total. The predicted octanol–water partition coefficient (Wildman–Crippen LogP) is -3.87. The number of quaternary nitrogens is 1. The summed E-state index contributed by atoms with van der Waals surface area (Å²) in [6, 6.07) is 0. The van der Waals surface area contributed by atoms with Crippen molar-refractivity contribution in [2.24, 2.45) is 0 Å². The molecule has 1 aromatic rings. The zero-order valence-electron chi connectivity index (χ0n) is 6.11. The summed E-state index contributed by atoms with van der Waals surface area (Å²) in [6.45, 7) is 0.442. The first-order valence-corrected chi connectivity index (χ1v) is 2.98. The normalized spacial score (nSPS) is 8.75. The lowest BCUT2D eigenvalue weighted by atomic mass is 10.5. The monoisotopic (exact) mass is 190 g/mol. The summed E-state index contributed by atoms with van der Waals surface area (Å²) in [4.78, 5) is 17.0. The summed E-state index contributed by atoms with van der Waals surface area (Å²) in [5.74, 6) is 0.510. The molecule has 0 unspecified atom stereocenters. The Morgan fingerprint density at radius 3 is 2.33 bits per heavy atom. The molecule has 0 amide bonds. The number of hydrogen-bond acceptors (Lipinski definition) is 4. The summed E-state index contributed by atoms with van der Waals surface area (Å²) >= 11 is 0. The average Bonchev–Trinajstić information content (AvgIpc) is 2.05. The molecule has 12 heavy (non-hydrogen) atoms. The topological polar surface area (TPSA) is 96.6 Å². The highest BCUT2D eigenvalue weighted by Gasteiger charge is 2.05. The molecule has 66 valence electrons. The second kappa shape index (κ2) is 4.58. The van der Waals surface area contributed by atoms with Gasteiger partial charge in [0, 0.05) is 0 Å². The van der Waals surface area contributed by atoms with Crippen molar-refractivity contribution in [1.29, 1.82) is 0 Å². The molecule has 1 rings (SSSR count). The van der Waals surface area contributed by atoms with E-state index in [1.54, 1.807) is 0 Å². The molecule has 0 aliphatic rings. The van der Waals surface area contributed by atoms with Gasteiger partial charge in [-0.15, -0.1) is 0 Å². The fourth-order valence-corrected chi connectivity index (χ4v) is 0.571. The van der Waals surface area contributed by atoms with E-state index in [9.17, 15) is 10.1 Å². The van der Waals surface area contributed by atoms with Gasteiger partial charge in [-0.1, -0.05) is 0 Å². The second-order valence-corrected chi connectivity index (χ2v) is 1.86. The highest BCUT2D eigenvalue weighted by molar-refractivity contribution is 5.20. The van der Waals surface area contributed by atoms with Crippen molar-refractivity contribution in [2.45, 2.75) is 6.54 Å². The molecule has 0 aromatic carbocycles. The lowest BCUT2D eigenvalue weighted by Gasteiger charge is -1.90. The zero-order chi connectivity index (χ0) is 8.27. The van der Waals surface area contributed by atoms with E-state index in [-0.39, 0.29) is 18.1 Å². The average molecular weight is 191 g/mol. The van der Waals surface area contributed by atoms with E-state index >= 15 is 0 Å². The van der Waals surface area contributed by atoms with E-state index in [1.165, 1.54) is 12.4 Å². The third kappa shape index (κ3) is 2.40. The summed E-state index contributed by atoms with van der Waals surface area (Å²) in [6.07, 6.45) is 2.35. The van der Waals surface area contributed by atoms with Crippen LogP contribution in [0.1, 0.15) is 5.82 Å². The molecule has 0 aliphatic heterocycles. The summed E-state index contributed by atoms with van der Waals surface area (Å²) in [5.41, 5.74) is 3.44. The Balaban J connectivity index is 0.00000121. The van der Waals surface area contributed by atoms with Crippen LogP contribution in [0.25, 0.3) is 0 Å². The van der Waals surface area contributed by atoms with Gasteiger partial charge in [0.15, 0.2) is 5.82 Å². The van der Waals surface area contributed by atoms with Crippen molar-refractivity contribution in [3.8, 4) is 0 Å². The molecule has 3 N–H and O–H groups in total. The first kappa shape index (κ1) is 10.7. The van der Waals surface area contributed by atoms with E-state index in [1.807, 2.05) is 0 Å². The lowest BCUT2D eigenvalue weighted by molar-refractivity contribution is -0.390. The fourth-order valence-electron chi connectivity index (χ4n) is 0.571. The Hall–Kier alpha value is -1.27. The zero-order valence-corrected chi connectivity index (χ0v) is 6.86. The first-order valence-electron chi connectivity index (χ1n) is 2.98. The quantitative estimate of drug-likeness (QED) is 0.381. The van der Waals surface area contributed by atoms with E-state index in [0.29, 0.717) is 12.4 Å². The van der Waals surface area contributed by atoms with Gasteiger partial charge in [-0.2, -0.15) is 0 Å². The third-order valence-corrected chi connectivity index (χ3v) is 1.13. The van der Waals surface area contributed by atoms with Crippen LogP contribution in [0.15, 0.2) is 12.4 Å². The molecule has 0 atom stereocenters. The van der Waals surface area contributed by atoms with Gasteiger partial charge in [0.1, 0.15) is 18.9 Å². The third-order valence-electron chi connectivity index (χ3n) is 1.13. The van der Waals surface area contributed by atoms with Crippen LogP contribution in [0.5, 0.6) is 0 Å². The molecule has 0 aliphatic carbocycles. The van der Waals surface area contributed by atoms with Crippen molar-refractivity contribution in [3.63, 3.8) is 0 Å². The van der Waals surface area contributed by atoms with Crippen LogP contribution >= 0.6 is 0 Å². The maximum absolute atomic E-state index is 10.1. The van der Waals surface area contributed by atoms with E-state index in [2.05, 4.69) is 15.7 Å². The van der Waals surface area contributed by atoms with Gasteiger partial charge in [-0.3, -0.25) is 10.1 Å². The summed E-state index contributed by atoms with van der Waals surface area (Å²) < 4.78 is 0. The van der Waals surface area contributed by atoms with Crippen molar-refractivity contribution in [2.75, 3.05) is 0 Å². The van der Waals surface area contributed by atoms with Gasteiger partial charge >= 0.3 is 5.69 Å². The first-order chi connectivity index (χ1) is 5.24. The van der Waals surface area contributed by atoms with E-state index in [0.717, 1.165) is 0 Å². The van der Waals surface area contributed by atoms with Crippen LogP contribution < -0.4 is 18.1 Å². The van der Waals surface area contributed by atoms with Crippen LogP contribution in [0.4, 0.5) is 5.69 Å². The molecule has 0 spiro atoms. The molecular formula is C5H7ClN4O2. The van der Waals surface area contributed by atoms with Gasteiger partial charge in [0.25, 0.3) is 0 Å². The van der Waals surface area contributed by atoms with Crippen molar-refractivity contribution >= 4 is 5.69 Å². The Morgan fingerprint density at radius 2 is 2.00 bits per heavy atom. The number of hydrogen-bond donors (Lipinski definition) is 1. The standard InChI is InChI=1S/C5H6N4O2.ClH/c6-1-5-7-2-4(3-8-5)9(10)11;/h2-3H,1,6H2;1H. The molecule has 1 aromatic heterocycles. The molecule has 0 saturated carbocycles. The smallest absolute Gasteiger partial charge is 0.305 e. The maximum atomic E-state index is 10.1. The van der Waals surface area contributed by atoms with Crippen molar-refractivity contribution < 1.29 is 23.1 Å². The summed E-state index contributed by atoms with van der Waals surface area (Å²) in [5, 5.41) is 10.1. The Labute approximate surface area is 74.4 Å². The fraction of sp³-hybridized carbons (Fsp3) is 0.200. The maximum Gasteiger partial charge on any atom is 0.305 e. The molecule has 0 bridgehead atoms. The SMILES string of the molecule is [Cl-].[NH3+]Cc1ncc([N+](=O)[O-])cn1. The van der Waals surface area contributed by atoms with Gasteiger partial charge in [-0.05, 0) is 0 Å². The number of halogens is 1. The lowest BCUT2D eigenvalue weighted by Crippen LogP contribution is -3.00.